The van der Waals surface area contributed by atoms with Crippen molar-refractivity contribution in [3.8, 4) is 17.0 Å². The molecular formula is C25H24BrN5O3S. The van der Waals surface area contributed by atoms with Crippen molar-refractivity contribution in [1.29, 1.82) is 0 Å². The third-order valence-electron chi connectivity index (χ3n) is 6.01. The van der Waals surface area contributed by atoms with Crippen LogP contribution in [-0.4, -0.2) is 51.6 Å². The molecule has 3 heterocycles. The van der Waals surface area contributed by atoms with E-state index in [-0.39, 0.29) is 11.8 Å². The molecule has 0 atom stereocenters. The van der Waals surface area contributed by atoms with E-state index in [1.54, 1.807) is 28.9 Å². The molecule has 35 heavy (non-hydrogen) atoms. The molecule has 2 aromatic carbocycles. The number of piperidine rings is 1. The molecule has 8 nitrogen and oxygen atoms in total. The highest BCUT2D eigenvalue weighted by atomic mass is 79.9. The number of nitrogens with zero attached hydrogens (tertiary/aromatic N) is 4. The molecule has 0 bridgehead atoms. The molecule has 2 N–H and O–H groups in total. The second kappa shape index (κ2) is 9.80. The van der Waals surface area contributed by atoms with Crippen LogP contribution in [0.15, 0.2) is 76.7 Å². The first-order valence-corrected chi connectivity index (χ1v) is 13.5. The van der Waals surface area contributed by atoms with Crippen molar-refractivity contribution in [3.63, 3.8) is 0 Å². The molecule has 0 unspecified atom stereocenters. The van der Waals surface area contributed by atoms with E-state index < -0.39 is 10.0 Å². The number of para-hydroxylation sites is 1. The molecule has 180 valence electrons. The summed E-state index contributed by atoms with van der Waals surface area (Å²) >= 11 is 3.50. The minimum atomic E-state index is -3.49. The van der Waals surface area contributed by atoms with E-state index in [9.17, 15) is 13.5 Å². The van der Waals surface area contributed by atoms with Crippen LogP contribution in [0.4, 0.5) is 5.82 Å². The molecular weight excluding hydrogens is 530 g/mol. The second-order valence-electron chi connectivity index (χ2n) is 8.35. The number of fused-ring (bicyclic) bond motifs is 1. The summed E-state index contributed by atoms with van der Waals surface area (Å²) in [5.74, 6) is 0.872. The van der Waals surface area contributed by atoms with Crippen molar-refractivity contribution in [2.24, 2.45) is 0 Å². The van der Waals surface area contributed by atoms with Crippen LogP contribution in [-0.2, 0) is 10.0 Å². The Bertz CT molecular complexity index is 1480. The van der Waals surface area contributed by atoms with Crippen LogP contribution in [0.25, 0.3) is 23.0 Å². The average Bonchev–Trinajstić information content (AvgIpc) is 3.25. The summed E-state index contributed by atoms with van der Waals surface area (Å²) in [4.78, 5) is 4.67. The molecule has 0 spiro atoms. The highest BCUT2D eigenvalue weighted by molar-refractivity contribution is 9.10. The van der Waals surface area contributed by atoms with Crippen LogP contribution in [0.2, 0.25) is 0 Å². The Morgan fingerprint density at radius 3 is 2.51 bits per heavy atom. The standard InChI is InChI=1S/C25H24BrN5O3S/c26-21-17-27-31-24(16-22(29-25(21)31)20-8-4-5-9-23(20)32)28-19-10-13-30(14-11-19)35(33,34)15-12-18-6-2-1-3-7-18/h1-9,12,15-17,19,28,32H,10-11,13-14H2/b15-12+. The quantitative estimate of drug-likeness (QED) is 0.357. The number of hydrogen-bond donors (Lipinski definition) is 2. The number of sulfonamides is 1. The summed E-state index contributed by atoms with van der Waals surface area (Å²) in [7, 11) is -3.49. The van der Waals surface area contributed by atoms with E-state index in [0.717, 1.165) is 15.9 Å². The maximum atomic E-state index is 12.8. The highest BCUT2D eigenvalue weighted by Gasteiger charge is 2.27. The molecule has 1 fully saturated rings. The van der Waals surface area contributed by atoms with Crippen molar-refractivity contribution in [1.82, 2.24) is 18.9 Å². The van der Waals surface area contributed by atoms with Gasteiger partial charge in [0.2, 0.25) is 10.0 Å². The summed E-state index contributed by atoms with van der Waals surface area (Å²) in [6.07, 6.45) is 4.60. The fourth-order valence-corrected chi connectivity index (χ4v) is 5.71. The Morgan fingerprint density at radius 1 is 1.06 bits per heavy atom. The summed E-state index contributed by atoms with van der Waals surface area (Å²) in [6.45, 7) is 0.838. The molecule has 10 heteroatoms. The van der Waals surface area contributed by atoms with Crippen LogP contribution in [0.5, 0.6) is 5.75 Å². The largest absolute Gasteiger partial charge is 0.507 e. The zero-order valence-corrected chi connectivity index (χ0v) is 21.2. The number of phenolic OH excluding ortho intramolecular Hbond substituents is 1. The van der Waals surface area contributed by atoms with Gasteiger partial charge in [-0.15, -0.1) is 0 Å². The predicted molar refractivity (Wildman–Crippen MR) is 140 cm³/mol. The van der Waals surface area contributed by atoms with Gasteiger partial charge in [0.15, 0.2) is 5.65 Å². The van der Waals surface area contributed by atoms with E-state index in [0.29, 0.717) is 42.8 Å². The fourth-order valence-electron chi connectivity index (χ4n) is 4.15. The van der Waals surface area contributed by atoms with Gasteiger partial charge in [0, 0.05) is 36.2 Å². The molecule has 1 aliphatic heterocycles. The van der Waals surface area contributed by atoms with Crippen LogP contribution in [0, 0.1) is 0 Å². The lowest BCUT2D eigenvalue weighted by molar-refractivity contribution is 0.332. The van der Waals surface area contributed by atoms with Gasteiger partial charge in [-0.1, -0.05) is 42.5 Å². The van der Waals surface area contributed by atoms with Gasteiger partial charge in [0.25, 0.3) is 0 Å². The Balaban J connectivity index is 1.33. The Labute approximate surface area is 212 Å². The maximum Gasteiger partial charge on any atom is 0.236 e. The first kappa shape index (κ1) is 23.5. The molecule has 4 aromatic rings. The summed E-state index contributed by atoms with van der Waals surface area (Å²) in [6, 6.07) is 18.4. The fraction of sp³-hybridized carbons (Fsp3) is 0.200. The zero-order valence-electron chi connectivity index (χ0n) is 18.8. The number of anilines is 1. The van der Waals surface area contributed by atoms with E-state index in [2.05, 4.69) is 31.3 Å². The number of phenols is 1. The highest BCUT2D eigenvalue weighted by Crippen LogP contribution is 2.32. The molecule has 0 saturated carbocycles. The minimum absolute atomic E-state index is 0.0605. The number of aromatic hydroxyl groups is 1. The smallest absolute Gasteiger partial charge is 0.236 e. The van der Waals surface area contributed by atoms with Crippen LogP contribution in [0.1, 0.15) is 18.4 Å². The lowest BCUT2D eigenvalue weighted by atomic mass is 10.1. The normalized spacial score (nSPS) is 15.7. The van der Waals surface area contributed by atoms with Gasteiger partial charge in [0.1, 0.15) is 11.6 Å². The lowest BCUT2D eigenvalue weighted by Crippen LogP contribution is -2.41. The predicted octanol–water partition coefficient (Wildman–Crippen LogP) is 4.74. The number of aromatic nitrogens is 3. The second-order valence-corrected chi connectivity index (χ2v) is 11.0. The van der Waals surface area contributed by atoms with Gasteiger partial charge in [-0.3, -0.25) is 0 Å². The van der Waals surface area contributed by atoms with E-state index in [1.807, 2.05) is 48.5 Å². The third kappa shape index (κ3) is 5.09. The summed E-state index contributed by atoms with van der Waals surface area (Å²) in [5.41, 5.74) is 2.71. The van der Waals surface area contributed by atoms with Crippen molar-refractivity contribution in [2.75, 3.05) is 18.4 Å². The molecule has 5 rings (SSSR count). The Kier molecular flexibility index (Phi) is 6.59. The van der Waals surface area contributed by atoms with E-state index in [1.165, 1.54) is 9.71 Å². The van der Waals surface area contributed by atoms with Gasteiger partial charge in [-0.25, -0.2) is 13.4 Å². The molecule has 1 saturated heterocycles. The van der Waals surface area contributed by atoms with E-state index in [4.69, 9.17) is 0 Å². The minimum Gasteiger partial charge on any atom is -0.507 e. The lowest BCUT2D eigenvalue weighted by Gasteiger charge is -2.31. The van der Waals surface area contributed by atoms with Crippen LogP contribution >= 0.6 is 15.9 Å². The summed E-state index contributed by atoms with van der Waals surface area (Å²) < 4.78 is 29.6. The first-order valence-electron chi connectivity index (χ1n) is 11.2. The van der Waals surface area contributed by atoms with Gasteiger partial charge in [0.05, 0.1) is 16.4 Å². The topological polar surface area (TPSA) is 99.8 Å². The molecule has 0 radical (unpaired) electrons. The molecule has 0 amide bonds. The van der Waals surface area contributed by atoms with Crippen molar-refractivity contribution in [3.05, 3.63) is 82.3 Å². The van der Waals surface area contributed by atoms with Gasteiger partial charge in [-0.05, 0) is 52.5 Å². The monoisotopic (exact) mass is 553 g/mol. The van der Waals surface area contributed by atoms with Crippen LogP contribution < -0.4 is 5.32 Å². The Morgan fingerprint density at radius 2 is 1.77 bits per heavy atom. The van der Waals surface area contributed by atoms with Crippen molar-refractivity contribution < 1.29 is 13.5 Å². The van der Waals surface area contributed by atoms with Crippen molar-refractivity contribution in [2.45, 2.75) is 18.9 Å². The van der Waals surface area contributed by atoms with Gasteiger partial charge < -0.3 is 10.4 Å². The Hall–Kier alpha value is -3.21. The SMILES string of the molecule is O=S(=O)(/C=C/c1ccccc1)N1CCC(Nc2cc(-c3ccccc3O)nc3c(Br)cnn23)CC1. The maximum absolute atomic E-state index is 12.8. The van der Waals surface area contributed by atoms with Gasteiger partial charge >= 0.3 is 0 Å². The average molecular weight is 554 g/mol. The number of benzene rings is 2. The molecule has 1 aliphatic rings. The first-order chi connectivity index (χ1) is 16.9. The third-order valence-corrected chi connectivity index (χ3v) is 8.13. The van der Waals surface area contributed by atoms with E-state index >= 15 is 0 Å². The number of halogens is 1. The molecule has 0 aliphatic carbocycles. The molecule has 2 aromatic heterocycles. The zero-order chi connectivity index (χ0) is 24.4. The number of hydrogen-bond acceptors (Lipinski definition) is 6. The van der Waals surface area contributed by atoms with Gasteiger partial charge in [-0.2, -0.15) is 13.9 Å². The van der Waals surface area contributed by atoms with Crippen LogP contribution in [0.3, 0.4) is 0 Å². The van der Waals surface area contributed by atoms with Crippen molar-refractivity contribution >= 4 is 43.5 Å². The number of rotatable bonds is 6. The number of nitrogens with one attached hydrogen (secondary N) is 1. The summed E-state index contributed by atoms with van der Waals surface area (Å²) in [5, 5.41) is 19.5.